The van der Waals surface area contributed by atoms with E-state index < -0.39 is 5.97 Å². The molecule has 0 aliphatic rings. The molecule has 66 valence electrons. The van der Waals surface area contributed by atoms with Crippen LogP contribution in [0, 0.1) is 0 Å². The average molecular weight is 171 g/mol. The minimum atomic E-state index is -0.531. The van der Waals surface area contributed by atoms with E-state index in [0.717, 1.165) is 0 Å². The molecule has 5 heteroatoms. The molecule has 0 bridgehead atoms. The van der Waals surface area contributed by atoms with Crippen molar-refractivity contribution in [1.29, 1.82) is 0 Å². The normalized spacial score (nSPS) is 9.75. The highest BCUT2D eigenvalue weighted by Gasteiger charge is 2.09. The molecule has 0 radical (unpaired) electrons. The van der Waals surface area contributed by atoms with Gasteiger partial charge < -0.3 is 15.1 Å². The van der Waals surface area contributed by atoms with E-state index in [9.17, 15) is 4.79 Å². The first kappa shape index (κ1) is 8.45. The van der Waals surface area contributed by atoms with Crippen LogP contribution in [0.4, 0.5) is 0 Å². The highest BCUT2D eigenvalue weighted by atomic mass is 16.7. The molecule has 0 spiro atoms. The van der Waals surface area contributed by atoms with E-state index in [4.69, 9.17) is 10.2 Å². The first-order chi connectivity index (χ1) is 5.65. The monoisotopic (exact) mass is 171 g/mol. The third-order valence-electron chi connectivity index (χ3n) is 1.28. The van der Waals surface area contributed by atoms with Gasteiger partial charge >= 0.3 is 5.97 Å². The van der Waals surface area contributed by atoms with Gasteiger partial charge in [-0.2, -0.15) is 0 Å². The lowest BCUT2D eigenvalue weighted by molar-refractivity contribution is -0.145. The average Bonchev–Trinajstić information content (AvgIpc) is 2.35. The molecular weight excluding hydrogens is 162 g/mol. The van der Waals surface area contributed by atoms with Crippen molar-refractivity contribution in [1.82, 2.24) is 4.73 Å². The lowest BCUT2D eigenvalue weighted by Gasteiger charge is -2.04. The Kier molecular flexibility index (Phi) is 2.23. The Hall–Kier alpha value is -1.65. The van der Waals surface area contributed by atoms with E-state index in [1.165, 1.54) is 12.1 Å². The molecule has 0 fully saturated rings. The Morgan fingerprint density at radius 2 is 2.00 bits per heavy atom. The van der Waals surface area contributed by atoms with Gasteiger partial charge in [0.25, 0.3) is 0 Å². The number of carbonyl (C=O) groups excluding carboxylic acids is 1. The van der Waals surface area contributed by atoms with Gasteiger partial charge in [0.05, 0.1) is 0 Å². The number of aromatic hydroxyl groups is 2. The highest BCUT2D eigenvalue weighted by molar-refractivity contribution is 5.69. The van der Waals surface area contributed by atoms with Crippen LogP contribution in [-0.2, 0) is 4.79 Å². The van der Waals surface area contributed by atoms with Crippen LogP contribution in [0.1, 0.15) is 13.3 Å². The van der Waals surface area contributed by atoms with Gasteiger partial charge in [-0.05, 0) is 0 Å². The summed E-state index contributed by atoms with van der Waals surface area (Å²) in [4.78, 5) is 15.3. The highest BCUT2D eigenvalue weighted by Crippen LogP contribution is 2.18. The second-order valence-corrected chi connectivity index (χ2v) is 2.16. The van der Waals surface area contributed by atoms with Gasteiger partial charge in [-0.3, -0.25) is 0 Å². The van der Waals surface area contributed by atoms with Crippen LogP contribution in [0.3, 0.4) is 0 Å². The summed E-state index contributed by atoms with van der Waals surface area (Å²) < 4.78 is 0.659. The van der Waals surface area contributed by atoms with E-state index >= 15 is 0 Å². The van der Waals surface area contributed by atoms with Crippen molar-refractivity contribution < 1.29 is 19.8 Å². The van der Waals surface area contributed by atoms with Crippen molar-refractivity contribution in [2.24, 2.45) is 0 Å². The zero-order chi connectivity index (χ0) is 9.14. The van der Waals surface area contributed by atoms with Crippen LogP contribution < -0.4 is 4.84 Å². The minimum Gasteiger partial charge on any atom is -0.492 e. The molecule has 0 aliphatic heterocycles. The van der Waals surface area contributed by atoms with Crippen LogP contribution in [0.25, 0.3) is 0 Å². The Balaban J connectivity index is 2.80. The molecule has 0 atom stereocenters. The zero-order valence-corrected chi connectivity index (χ0v) is 6.52. The Morgan fingerprint density at radius 3 is 2.42 bits per heavy atom. The number of nitrogens with zero attached hydrogens (tertiary/aromatic N) is 1. The van der Waals surface area contributed by atoms with Crippen molar-refractivity contribution in [2.45, 2.75) is 13.3 Å². The molecule has 1 heterocycles. The lowest BCUT2D eigenvalue weighted by Crippen LogP contribution is -2.17. The number of carbonyl (C=O) groups is 1. The molecule has 0 saturated carbocycles. The van der Waals surface area contributed by atoms with Gasteiger partial charge in [0.1, 0.15) is 0 Å². The fraction of sp³-hybridized carbons (Fsp3) is 0.286. The predicted molar refractivity (Wildman–Crippen MR) is 39.6 cm³/mol. The third kappa shape index (κ3) is 1.50. The molecule has 2 N–H and O–H groups in total. The van der Waals surface area contributed by atoms with E-state index in [0.29, 0.717) is 4.73 Å². The van der Waals surface area contributed by atoms with E-state index in [2.05, 4.69) is 4.84 Å². The van der Waals surface area contributed by atoms with Gasteiger partial charge in [0.15, 0.2) is 0 Å². The summed E-state index contributed by atoms with van der Waals surface area (Å²) in [5.41, 5.74) is 0. The van der Waals surface area contributed by atoms with E-state index in [1.807, 2.05) is 0 Å². The third-order valence-corrected chi connectivity index (χ3v) is 1.28. The summed E-state index contributed by atoms with van der Waals surface area (Å²) in [5, 5.41) is 18.0. The zero-order valence-electron chi connectivity index (χ0n) is 6.52. The maximum Gasteiger partial charge on any atom is 0.332 e. The smallest absolute Gasteiger partial charge is 0.332 e. The van der Waals surface area contributed by atoms with E-state index in [-0.39, 0.29) is 18.2 Å². The fourth-order valence-corrected chi connectivity index (χ4v) is 0.662. The summed E-state index contributed by atoms with van der Waals surface area (Å²) in [6, 6.07) is 2.44. The summed E-state index contributed by atoms with van der Waals surface area (Å²) in [6.45, 7) is 1.61. The molecule has 0 unspecified atom stereocenters. The molecule has 0 amide bonds. The summed E-state index contributed by atoms with van der Waals surface area (Å²) >= 11 is 0. The standard InChI is InChI=1S/C7H9NO4/c1-2-7(11)12-8-5(9)3-4-6(8)10/h3-4,9-10H,2H2,1H3. The van der Waals surface area contributed by atoms with Gasteiger partial charge in [-0.25, -0.2) is 4.79 Å². The number of hydrogen-bond acceptors (Lipinski definition) is 4. The summed E-state index contributed by atoms with van der Waals surface area (Å²) in [5.74, 6) is -1.15. The summed E-state index contributed by atoms with van der Waals surface area (Å²) in [7, 11) is 0. The van der Waals surface area contributed by atoms with E-state index in [1.54, 1.807) is 6.92 Å². The van der Waals surface area contributed by atoms with Gasteiger partial charge in [0, 0.05) is 18.6 Å². The molecular formula is C7H9NO4. The second-order valence-electron chi connectivity index (χ2n) is 2.16. The van der Waals surface area contributed by atoms with Gasteiger partial charge in [-0.15, -0.1) is 4.73 Å². The van der Waals surface area contributed by atoms with Gasteiger partial charge in [-0.1, -0.05) is 6.92 Å². The fourth-order valence-electron chi connectivity index (χ4n) is 0.662. The largest absolute Gasteiger partial charge is 0.492 e. The van der Waals surface area contributed by atoms with Crippen LogP contribution in [0.2, 0.25) is 0 Å². The van der Waals surface area contributed by atoms with Crippen molar-refractivity contribution in [3.8, 4) is 11.8 Å². The maximum absolute atomic E-state index is 10.7. The SMILES string of the molecule is CCC(=O)On1c(O)ccc1O. The molecule has 1 aromatic heterocycles. The van der Waals surface area contributed by atoms with Crippen molar-refractivity contribution in [3.63, 3.8) is 0 Å². The number of rotatable bonds is 2. The quantitative estimate of drug-likeness (QED) is 0.669. The molecule has 5 nitrogen and oxygen atoms in total. The first-order valence-corrected chi connectivity index (χ1v) is 3.46. The van der Waals surface area contributed by atoms with Crippen LogP contribution in [-0.4, -0.2) is 20.9 Å². The van der Waals surface area contributed by atoms with Crippen LogP contribution in [0.15, 0.2) is 12.1 Å². The lowest BCUT2D eigenvalue weighted by atomic mass is 10.5. The molecule has 0 saturated heterocycles. The predicted octanol–water partition coefficient (Wildman–Crippen LogP) is 0.264. The Bertz CT molecular complexity index is 272. The second kappa shape index (κ2) is 3.17. The topological polar surface area (TPSA) is 71.7 Å². The molecule has 0 aromatic carbocycles. The Morgan fingerprint density at radius 1 is 1.50 bits per heavy atom. The summed E-state index contributed by atoms with van der Waals surface area (Å²) in [6.07, 6.45) is 0.178. The van der Waals surface area contributed by atoms with Crippen molar-refractivity contribution in [3.05, 3.63) is 12.1 Å². The minimum absolute atomic E-state index is 0.178. The van der Waals surface area contributed by atoms with Crippen molar-refractivity contribution >= 4 is 5.97 Å². The molecule has 1 rings (SSSR count). The van der Waals surface area contributed by atoms with Gasteiger partial charge in [0.2, 0.25) is 11.8 Å². The molecule has 12 heavy (non-hydrogen) atoms. The van der Waals surface area contributed by atoms with Crippen molar-refractivity contribution in [2.75, 3.05) is 0 Å². The maximum atomic E-state index is 10.7. The first-order valence-electron chi connectivity index (χ1n) is 3.46. The Labute approximate surface area is 68.8 Å². The number of hydrogen-bond donors (Lipinski definition) is 2. The van der Waals surface area contributed by atoms with Crippen LogP contribution >= 0.6 is 0 Å². The van der Waals surface area contributed by atoms with Crippen LogP contribution in [0.5, 0.6) is 11.8 Å². The molecule has 1 aromatic rings. The number of aromatic nitrogens is 1. The molecule has 0 aliphatic carbocycles.